The van der Waals surface area contributed by atoms with Gasteiger partial charge in [0.15, 0.2) is 0 Å². The molecule has 2 radical (unpaired) electrons. The smallest absolute Gasteiger partial charge is 0.114 e. The van der Waals surface area contributed by atoms with E-state index < -0.39 is 0 Å². The Bertz CT molecular complexity index is 1140. The molecule has 1 aromatic heterocycles. The van der Waals surface area contributed by atoms with Crippen molar-refractivity contribution in [2.75, 3.05) is 0 Å². The van der Waals surface area contributed by atoms with Gasteiger partial charge in [-0.15, -0.1) is 0 Å². The molecule has 0 amide bonds. The zero-order valence-corrected chi connectivity index (χ0v) is 15.8. The second kappa shape index (κ2) is 5.98. The highest BCUT2D eigenvalue weighted by Crippen LogP contribution is 2.34. The van der Waals surface area contributed by atoms with Gasteiger partial charge in [0.25, 0.3) is 0 Å². The van der Waals surface area contributed by atoms with Crippen molar-refractivity contribution in [1.82, 2.24) is 4.98 Å². The lowest BCUT2D eigenvalue weighted by atomic mass is 9.85. The first-order valence-electron chi connectivity index (χ1n) is 9.03. The highest BCUT2D eigenvalue weighted by atomic mass is 14.7. The molecule has 26 heavy (non-hydrogen) atoms. The zero-order valence-electron chi connectivity index (χ0n) is 15.8. The third-order valence-electron chi connectivity index (χ3n) is 5.17. The van der Waals surface area contributed by atoms with E-state index in [0.717, 1.165) is 22.3 Å². The van der Waals surface area contributed by atoms with Crippen molar-refractivity contribution in [3.63, 3.8) is 0 Å². The number of hydrogen-bond acceptors (Lipinski definition) is 1. The lowest BCUT2D eigenvalue weighted by Crippen LogP contribution is -2.10. The average molecular weight is 335 g/mol. The minimum absolute atomic E-state index is 0.147. The molecule has 0 bridgehead atoms. The van der Waals surface area contributed by atoms with Crippen LogP contribution in [0.5, 0.6) is 0 Å². The monoisotopic (exact) mass is 335 g/mol. The van der Waals surface area contributed by atoms with E-state index in [-0.39, 0.29) is 5.41 Å². The van der Waals surface area contributed by atoms with E-state index in [1.165, 1.54) is 27.1 Å². The van der Waals surface area contributed by atoms with E-state index in [1.54, 1.807) is 0 Å². The second-order valence-corrected chi connectivity index (χ2v) is 8.08. The van der Waals surface area contributed by atoms with Gasteiger partial charge in [-0.05, 0) is 40.1 Å². The SMILES string of the molecule is [B]c1ccc(-c2nccc3c2ccc2cc(C(C)(C)C)ccc23)cc1C. The maximum atomic E-state index is 5.98. The molecule has 0 saturated heterocycles. The number of aryl methyl sites for hydroxylation is 1. The standard InChI is InChI=1S/C24H22BN/c1-15-13-17(6-10-22(15)25)23-21-8-5-16-14-18(24(2,3)4)7-9-19(16)20(21)11-12-26-23/h5-14H,1-4H3. The predicted octanol–water partition coefficient (Wildman–Crippen LogP) is 5.45. The van der Waals surface area contributed by atoms with Crippen LogP contribution in [0.1, 0.15) is 31.9 Å². The lowest BCUT2D eigenvalue weighted by Gasteiger charge is -2.20. The van der Waals surface area contributed by atoms with E-state index >= 15 is 0 Å². The molecule has 1 heterocycles. The van der Waals surface area contributed by atoms with Gasteiger partial charge in [-0.3, -0.25) is 4.98 Å². The summed E-state index contributed by atoms with van der Waals surface area (Å²) in [5.41, 5.74) is 5.51. The Balaban J connectivity index is 1.97. The molecule has 0 aliphatic heterocycles. The van der Waals surface area contributed by atoms with E-state index in [9.17, 15) is 0 Å². The Morgan fingerprint density at radius 3 is 2.31 bits per heavy atom. The van der Waals surface area contributed by atoms with E-state index in [1.807, 2.05) is 19.2 Å². The number of rotatable bonds is 1. The number of aromatic nitrogens is 1. The molecule has 0 fully saturated rings. The number of hydrogen-bond donors (Lipinski definition) is 0. The first-order chi connectivity index (χ1) is 12.3. The minimum Gasteiger partial charge on any atom is -0.256 e. The lowest BCUT2D eigenvalue weighted by molar-refractivity contribution is 0.591. The highest BCUT2D eigenvalue weighted by molar-refractivity contribution is 6.33. The Kier molecular flexibility index (Phi) is 3.88. The molecule has 0 aliphatic carbocycles. The van der Waals surface area contributed by atoms with Crippen molar-refractivity contribution in [1.29, 1.82) is 0 Å². The molecule has 3 aromatic carbocycles. The predicted molar refractivity (Wildman–Crippen MR) is 114 cm³/mol. The second-order valence-electron chi connectivity index (χ2n) is 8.08. The van der Waals surface area contributed by atoms with Crippen molar-refractivity contribution >= 4 is 34.9 Å². The summed E-state index contributed by atoms with van der Waals surface area (Å²) in [7, 11) is 5.98. The summed E-state index contributed by atoms with van der Waals surface area (Å²) in [5, 5.41) is 4.96. The van der Waals surface area contributed by atoms with Gasteiger partial charge >= 0.3 is 0 Å². The molecule has 4 rings (SSSR count). The Labute approximate surface area is 156 Å². The first kappa shape index (κ1) is 16.8. The van der Waals surface area contributed by atoms with E-state index in [4.69, 9.17) is 7.85 Å². The summed E-state index contributed by atoms with van der Waals surface area (Å²) < 4.78 is 0. The molecule has 126 valence electrons. The molecule has 0 aliphatic rings. The molecule has 2 heteroatoms. The minimum atomic E-state index is 0.147. The van der Waals surface area contributed by atoms with Crippen LogP contribution in [0.3, 0.4) is 0 Å². The Hall–Kier alpha value is -2.61. The number of pyridine rings is 1. The van der Waals surface area contributed by atoms with Gasteiger partial charge in [0.05, 0.1) is 5.69 Å². The van der Waals surface area contributed by atoms with Crippen molar-refractivity contribution in [3.8, 4) is 11.3 Å². The number of nitrogens with zero attached hydrogens (tertiary/aromatic N) is 1. The topological polar surface area (TPSA) is 12.9 Å². The van der Waals surface area contributed by atoms with Gasteiger partial charge in [0, 0.05) is 17.1 Å². The van der Waals surface area contributed by atoms with Gasteiger partial charge in [0.1, 0.15) is 7.85 Å². The van der Waals surface area contributed by atoms with Crippen LogP contribution in [-0.2, 0) is 5.41 Å². The van der Waals surface area contributed by atoms with Crippen LogP contribution in [0.15, 0.2) is 60.8 Å². The van der Waals surface area contributed by atoms with Gasteiger partial charge in [-0.1, -0.05) is 80.3 Å². The normalized spacial score (nSPS) is 12.0. The fourth-order valence-corrected chi connectivity index (χ4v) is 3.52. The van der Waals surface area contributed by atoms with Crippen LogP contribution < -0.4 is 5.46 Å². The van der Waals surface area contributed by atoms with Crippen molar-refractivity contribution in [2.24, 2.45) is 0 Å². The molecule has 1 nitrogen and oxygen atoms in total. The summed E-state index contributed by atoms with van der Waals surface area (Å²) in [5.74, 6) is 0. The quantitative estimate of drug-likeness (QED) is 0.333. The van der Waals surface area contributed by atoms with Crippen molar-refractivity contribution < 1.29 is 0 Å². The number of benzene rings is 3. The molecule has 4 aromatic rings. The van der Waals surface area contributed by atoms with Crippen molar-refractivity contribution in [2.45, 2.75) is 33.1 Å². The summed E-state index contributed by atoms with van der Waals surface area (Å²) in [6.45, 7) is 8.79. The van der Waals surface area contributed by atoms with Crippen LogP contribution in [0.2, 0.25) is 0 Å². The van der Waals surface area contributed by atoms with Gasteiger partial charge in [0.2, 0.25) is 0 Å². The van der Waals surface area contributed by atoms with Crippen LogP contribution in [-0.4, -0.2) is 12.8 Å². The fraction of sp³-hybridized carbons (Fsp3) is 0.208. The zero-order chi connectivity index (χ0) is 18.5. The van der Waals surface area contributed by atoms with E-state index in [2.05, 4.69) is 74.3 Å². The maximum Gasteiger partial charge on any atom is 0.114 e. The molecular formula is C24H22BN. The van der Waals surface area contributed by atoms with Gasteiger partial charge in [-0.2, -0.15) is 0 Å². The van der Waals surface area contributed by atoms with Crippen molar-refractivity contribution in [3.05, 3.63) is 71.9 Å². The number of fused-ring (bicyclic) bond motifs is 3. The van der Waals surface area contributed by atoms with Gasteiger partial charge in [-0.25, -0.2) is 0 Å². The molecular weight excluding hydrogens is 313 g/mol. The average Bonchev–Trinajstić information content (AvgIpc) is 2.62. The summed E-state index contributed by atoms with van der Waals surface area (Å²) in [4.78, 5) is 4.67. The fourth-order valence-electron chi connectivity index (χ4n) is 3.52. The highest BCUT2D eigenvalue weighted by Gasteiger charge is 2.15. The van der Waals surface area contributed by atoms with Crippen LogP contribution in [0, 0.1) is 6.92 Å². The molecule has 0 saturated carbocycles. The third-order valence-corrected chi connectivity index (χ3v) is 5.17. The van der Waals surface area contributed by atoms with Crippen LogP contribution in [0.4, 0.5) is 0 Å². The summed E-state index contributed by atoms with van der Waals surface area (Å²) in [6.07, 6.45) is 1.90. The molecule has 0 unspecified atom stereocenters. The first-order valence-corrected chi connectivity index (χ1v) is 9.03. The Morgan fingerprint density at radius 2 is 1.58 bits per heavy atom. The van der Waals surface area contributed by atoms with Crippen LogP contribution in [0.25, 0.3) is 32.8 Å². The largest absolute Gasteiger partial charge is 0.256 e. The Morgan fingerprint density at radius 1 is 0.808 bits per heavy atom. The summed E-state index contributed by atoms with van der Waals surface area (Å²) in [6, 6.07) is 19.4. The van der Waals surface area contributed by atoms with Gasteiger partial charge < -0.3 is 0 Å². The third kappa shape index (κ3) is 2.80. The molecule has 0 spiro atoms. The van der Waals surface area contributed by atoms with Crippen LogP contribution >= 0.6 is 0 Å². The van der Waals surface area contributed by atoms with E-state index in [0.29, 0.717) is 0 Å². The molecule has 0 atom stereocenters. The molecule has 0 N–H and O–H groups in total. The summed E-state index contributed by atoms with van der Waals surface area (Å²) >= 11 is 0. The maximum absolute atomic E-state index is 5.98.